The average Bonchev–Trinajstić information content (AvgIpc) is 3.32. The number of amides is 1. The fourth-order valence-corrected chi connectivity index (χ4v) is 5.22. The summed E-state index contributed by atoms with van der Waals surface area (Å²) in [6.07, 6.45) is 0.654. The van der Waals surface area contributed by atoms with E-state index in [1.807, 2.05) is 0 Å². The molecule has 2 aromatic carbocycles. The fraction of sp³-hybridized carbons (Fsp3) is 0.214. The van der Waals surface area contributed by atoms with E-state index in [2.05, 4.69) is 25.6 Å². The quantitative estimate of drug-likeness (QED) is 0.207. The Labute approximate surface area is 260 Å². The highest BCUT2D eigenvalue weighted by molar-refractivity contribution is 7.22. The summed E-state index contributed by atoms with van der Waals surface area (Å²) in [7, 11) is 0. The van der Waals surface area contributed by atoms with Gasteiger partial charge in [0.2, 0.25) is 5.95 Å². The molecule has 0 spiro atoms. The molecule has 0 aliphatic heterocycles. The number of thiazole rings is 1. The molecule has 0 radical (unpaired) electrons. The molecule has 0 fully saturated rings. The van der Waals surface area contributed by atoms with Crippen LogP contribution in [-0.2, 0) is 17.8 Å². The summed E-state index contributed by atoms with van der Waals surface area (Å²) >= 11 is 7.55. The Bertz CT molecular complexity index is 2120. The van der Waals surface area contributed by atoms with E-state index >= 15 is 0 Å². The summed E-state index contributed by atoms with van der Waals surface area (Å²) in [5.74, 6) is -5.04. The van der Waals surface area contributed by atoms with Gasteiger partial charge in [0, 0.05) is 11.8 Å². The van der Waals surface area contributed by atoms with Crippen LogP contribution in [0.25, 0.3) is 10.2 Å². The van der Waals surface area contributed by atoms with Crippen molar-refractivity contribution >= 4 is 56.0 Å². The molecular weight excluding hydrogens is 639 g/mol. The van der Waals surface area contributed by atoms with E-state index in [-0.39, 0.29) is 32.9 Å². The molecule has 0 aliphatic rings. The largest absolute Gasteiger partial charge is 0.444 e. The van der Waals surface area contributed by atoms with Gasteiger partial charge in [-0.25, -0.2) is 37.1 Å². The summed E-state index contributed by atoms with van der Waals surface area (Å²) in [6.45, 7) is 4.10. The standard InChI is InChI=1S/C28H23ClF3N7O5S/c1-28(2,3)44-26(42)37-24-35-19-9-15(29)18(10-20(19)45-24)34-23-36-25(41)39(12-14-5-4-6-33-22(14)40)27(43)38(23)11-13-7-16(30)21(32)17(31)8-13/h4-10H,11-12H2,1-3H3,(H,33,40)(H,34,36,41)(H,35,37,42). The molecule has 0 bridgehead atoms. The van der Waals surface area contributed by atoms with Crippen molar-refractivity contribution in [2.75, 3.05) is 10.6 Å². The number of pyridine rings is 1. The van der Waals surface area contributed by atoms with E-state index in [9.17, 15) is 32.3 Å². The molecule has 0 atom stereocenters. The Morgan fingerprint density at radius 2 is 1.76 bits per heavy atom. The van der Waals surface area contributed by atoms with Gasteiger partial charge in [-0.2, -0.15) is 4.98 Å². The second kappa shape index (κ2) is 12.2. The van der Waals surface area contributed by atoms with Crippen LogP contribution >= 0.6 is 22.9 Å². The number of aromatic nitrogens is 5. The maximum Gasteiger partial charge on any atom is 0.413 e. The molecule has 234 valence electrons. The lowest BCUT2D eigenvalue weighted by atomic mass is 10.2. The molecule has 3 N–H and O–H groups in total. The number of fused-ring (bicyclic) bond motifs is 1. The van der Waals surface area contributed by atoms with Crippen molar-refractivity contribution in [3.05, 3.63) is 108 Å². The number of carbonyl (C=O) groups excluding carboxylic acids is 1. The smallest absolute Gasteiger partial charge is 0.413 e. The van der Waals surface area contributed by atoms with Gasteiger partial charge in [-0.1, -0.05) is 29.0 Å². The van der Waals surface area contributed by atoms with Crippen molar-refractivity contribution in [3.8, 4) is 0 Å². The van der Waals surface area contributed by atoms with E-state index < -0.39 is 59.2 Å². The molecule has 5 rings (SSSR count). The van der Waals surface area contributed by atoms with Gasteiger partial charge in [-0.3, -0.25) is 14.7 Å². The van der Waals surface area contributed by atoms with Crippen LogP contribution in [0.4, 0.5) is 34.7 Å². The molecule has 0 saturated carbocycles. The zero-order valence-electron chi connectivity index (χ0n) is 23.7. The van der Waals surface area contributed by atoms with E-state index in [0.717, 1.165) is 15.9 Å². The third-order valence-corrected chi connectivity index (χ3v) is 7.34. The maximum atomic E-state index is 14.0. The zero-order valence-corrected chi connectivity index (χ0v) is 25.3. The Morgan fingerprint density at radius 1 is 1.04 bits per heavy atom. The predicted octanol–water partition coefficient (Wildman–Crippen LogP) is 4.96. The van der Waals surface area contributed by atoms with Crippen LogP contribution in [0.1, 0.15) is 31.9 Å². The van der Waals surface area contributed by atoms with Gasteiger partial charge < -0.3 is 15.0 Å². The van der Waals surface area contributed by atoms with Crippen molar-refractivity contribution in [1.82, 2.24) is 24.1 Å². The third kappa shape index (κ3) is 7.07. The molecule has 3 heterocycles. The molecule has 0 unspecified atom stereocenters. The molecule has 17 heteroatoms. The Kier molecular flexibility index (Phi) is 8.53. The molecule has 3 aromatic heterocycles. The summed E-state index contributed by atoms with van der Waals surface area (Å²) in [6, 6.07) is 7.29. The lowest BCUT2D eigenvalue weighted by Crippen LogP contribution is -2.43. The number of hydrogen-bond acceptors (Lipinski definition) is 9. The first-order valence-electron chi connectivity index (χ1n) is 13.1. The first kappa shape index (κ1) is 31.5. The van der Waals surface area contributed by atoms with Crippen LogP contribution in [0.5, 0.6) is 0 Å². The minimum atomic E-state index is -1.69. The Balaban J connectivity index is 1.56. The fourth-order valence-electron chi connectivity index (χ4n) is 4.14. The maximum absolute atomic E-state index is 14.0. The molecule has 5 aromatic rings. The first-order chi connectivity index (χ1) is 21.2. The monoisotopic (exact) mass is 661 g/mol. The SMILES string of the molecule is CC(C)(C)OC(=O)Nc1nc2cc(Cl)c(Nc3nc(=O)n(Cc4ccc[nH]c4=O)c(=O)n3Cc3cc(F)c(F)c(F)c3)cc2s1. The second-order valence-electron chi connectivity index (χ2n) is 10.6. The van der Waals surface area contributed by atoms with Gasteiger partial charge in [-0.05, 0) is 56.7 Å². The first-order valence-corrected chi connectivity index (χ1v) is 14.3. The van der Waals surface area contributed by atoms with Crippen molar-refractivity contribution in [2.45, 2.75) is 39.5 Å². The average molecular weight is 662 g/mol. The molecule has 0 aliphatic carbocycles. The van der Waals surface area contributed by atoms with Crippen LogP contribution in [-0.4, -0.2) is 35.8 Å². The van der Waals surface area contributed by atoms with Crippen LogP contribution < -0.4 is 27.6 Å². The van der Waals surface area contributed by atoms with E-state index in [1.165, 1.54) is 30.5 Å². The van der Waals surface area contributed by atoms with Crippen molar-refractivity contribution in [1.29, 1.82) is 0 Å². The number of halogens is 4. The third-order valence-electron chi connectivity index (χ3n) is 6.09. The predicted molar refractivity (Wildman–Crippen MR) is 162 cm³/mol. The van der Waals surface area contributed by atoms with E-state index in [4.69, 9.17) is 16.3 Å². The van der Waals surface area contributed by atoms with Gasteiger partial charge in [0.15, 0.2) is 22.6 Å². The number of benzene rings is 2. The minimum Gasteiger partial charge on any atom is -0.444 e. The van der Waals surface area contributed by atoms with Gasteiger partial charge in [-0.15, -0.1) is 0 Å². The number of carbonyl (C=O) groups is 1. The number of nitrogens with zero attached hydrogens (tertiary/aromatic N) is 4. The molecule has 45 heavy (non-hydrogen) atoms. The van der Waals surface area contributed by atoms with Crippen molar-refractivity contribution < 1.29 is 22.7 Å². The molecule has 12 nitrogen and oxygen atoms in total. The highest BCUT2D eigenvalue weighted by atomic mass is 35.5. The number of rotatable bonds is 7. The summed E-state index contributed by atoms with van der Waals surface area (Å²) in [5.41, 5.74) is -2.85. The zero-order chi connectivity index (χ0) is 32.6. The lowest BCUT2D eigenvalue weighted by Gasteiger charge is -2.18. The Morgan fingerprint density at radius 3 is 2.42 bits per heavy atom. The minimum absolute atomic E-state index is 0.0686. The molecule has 1 amide bonds. The second-order valence-corrected chi connectivity index (χ2v) is 12.1. The lowest BCUT2D eigenvalue weighted by molar-refractivity contribution is 0.0636. The normalized spacial score (nSPS) is 11.5. The van der Waals surface area contributed by atoms with Crippen LogP contribution in [0.15, 0.2) is 57.0 Å². The highest BCUT2D eigenvalue weighted by Crippen LogP contribution is 2.34. The molecule has 0 saturated heterocycles. The van der Waals surface area contributed by atoms with Crippen LogP contribution in [0, 0.1) is 17.5 Å². The number of nitrogens with one attached hydrogen (secondary N) is 3. The molecular formula is C28H23ClF3N7O5S. The van der Waals surface area contributed by atoms with Gasteiger partial charge >= 0.3 is 17.5 Å². The van der Waals surface area contributed by atoms with Crippen molar-refractivity contribution in [3.63, 3.8) is 0 Å². The number of ether oxygens (including phenoxy) is 1. The number of aromatic amines is 1. The van der Waals surface area contributed by atoms with Gasteiger partial charge in [0.1, 0.15) is 5.60 Å². The Hall–Kier alpha value is -4.96. The highest BCUT2D eigenvalue weighted by Gasteiger charge is 2.20. The van der Waals surface area contributed by atoms with E-state index in [0.29, 0.717) is 26.9 Å². The number of hydrogen-bond donors (Lipinski definition) is 3. The van der Waals surface area contributed by atoms with Gasteiger partial charge in [0.25, 0.3) is 5.56 Å². The summed E-state index contributed by atoms with van der Waals surface area (Å²) in [5, 5.41) is 5.63. The number of anilines is 3. The van der Waals surface area contributed by atoms with E-state index in [1.54, 1.807) is 20.8 Å². The van der Waals surface area contributed by atoms with Crippen LogP contribution in [0.3, 0.4) is 0 Å². The number of H-pyrrole nitrogens is 1. The topological polar surface area (TPSA) is 153 Å². The van der Waals surface area contributed by atoms with Crippen LogP contribution in [0.2, 0.25) is 5.02 Å². The van der Waals surface area contributed by atoms with Crippen molar-refractivity contribution in [2.24, 2.45) is 0 Å². The summed E-state index contributed by atoms with van der Waals surface area (Å²) < 4.78 is 49.0. The van der Waals surface area contributed by atoms with Gasteiger partial charge in [0.05, 0.1) is 34.0 Å². The summed E-state index contributed by atoms with van der Waals surface area (Å²) in [4.78, 5) is 61.8.